The lowest BCUT2D eigenvalue weighted by molar-refractivity contribution is 0.376. The van der Waals surface area contributed by atoms with E-state index in [2.05, 4.69) is 15.2 Å². The van der Waals surface area contributed by atoms with Crippen LogP contribution in [-0.2, 0) is 0 Å². The minimum atomic E-state index is 0.636. The Morgan fingerprint density at radius 2 is 2.35 bits per heavy atom. The molecule has 1 aromatic heterocycles. The lowest BCUT2D eigenvalue weighted by Gasteiger charge is -2.30. The molecule has 3 nitrogen and oxygen atoms in total. The van der Waals surface area contributed by atoms with Gasteiger partial charge in [0, 0.05) is 18.0 Å². The number of halogens is 1. The van der Waals surface area contributed by atoms with Gasteiger partial charge in [-0.3, -0.25) is 0 Å². The standard InChI is InChI=1S/C12H18ClN3S/c13-11-8-17-12(15-11)16(10-3-4-10)7-9-2-1-5-14-6-9/h8-10,14H,1-7H2. The molecule has 1 atom stereocenters. The highest BCUT2D eigenvalue weighted by Crippen LogP contribution is 2.35. The molecule has 1 saturated carbocycles. The number of thiazole rings is 1. The van der Waals surface area contributed by atoms with Crippen LogP contribution >= 0.6 is 22.9 Å². The number of rotatable bonds is 4. The molecule has 1 aliphatic carbocycles. The van der Waals surface area contributed by atoms with Gasteiger partial charge in [0.1, 0.15) is 5.15 Å². The van der Waals surface area contributed by atoms with E-state index in [1.807, 2.05) is 5.38 Å². The van der Waals surface area contributed by atoms with Crippen molar-refractivity contribution < 1.29 is 0 Å². The predicted molar refractivity (Wildman–Crippen MR) is 73.1 cm³/mol. The van der Waals surface area contributed by atoms with Crippen LogP contribution in [0.3, 0.4) is 0 Å². The van der Waals surface area contributed by atoms with Crippen LogP contribution in [-0.4, -0.2) is 30.7 Å². The first-order chi connectivity index (χ1) is 8.33. The first-order valence-electron chi connectivity index (χ1n) is 6.41. The molecule has 1 N–H and O–H groups in total. The average molecular weight is 272 g/mol. The highest BCUT2D eigenvalue weighted by Gasteiger charge is 2.32. The molecule has 2 heterocycles. The zero-order valence-corrected chi connectivity index (χ0v) is 11.4. The summed E-state index contributed by atoms with van der Waals surface area (Å²) in [6.45, 7) is 3.48. The number of aromatic nitrogens is 1. The van der Waals surface area contributed by atoms with Crippen LogP contribution in [0.1, 0.15) is 25.7 Å². The average Bonchev–Trinajstić information content (AvgIpc) is 3.10. The van der Waals surface area contributed by atoms with Crippen LogP contribution < -0.4 is 10.2 Å². The quantitative estimate of drug-likeness (QED) is 0.913. The van der Waals surface area contributed by atoms with E-state index in [9.17, 15) is 0 Å². The Balaban J connectivity index is 1.67. The molecule has 1 aromatic rings. The first-order valence-corrected chi connectivity index (χ1v) is 7.67. The molecule has 3 rings (SSSR count). The Bertz CT molecular complexity index is 372. The van der Waals surface area contributed by atoms with Crippen molar-refractivity contribution in [3.8, 4) is 0 Å². The van der Waals surface area contributed by atoms with Crippen LogP contribution in [0.4, 0.5) is 5.13 Å². The normalized spacial score (nSPS) is 24.9. The molecule has 1 saturated heterocycles. The highest BCUT2D eigenvalue weighted by atomic mass is 35.5. The first kappa shape index (κ1) is 11.8. The molecule has 1 aliphatic heterocycles. The number of hydrogen-bond donors (Lipinski definition) is 1. The van der Waals surface area contributed by atoms with Gasteiger partial charge in [-0.05, 0) is 44.7 Å². The van der Waals surface area contributed by atoms with Crippen LogP contribution in [0.2, 0.25) is 5.15 Å². The summed E-state index contributed by atoms with van der Waals surface area (Å²) in [5, 5.41) is 7.17. The summed E-state index contributed by atoms with van der Waals surface area (Å²) in [5.74, 6) is 0.770. The Hall–Kier alpha value is -0.320. The minimum absolute atomic E-state index is 0.636. The lowest BCUT2D eigenvalue weighted by atomic mass is 9.99. The predicted octanol–water partition coefficient (Wildman–Crippen LogP) is 2.76. The largest absolute Gasteiger partial charge is 0.345 e. The maximum atomic E-state index is 5.93. The molecular formula is C12H18ClN3S. The third-order valence-corrected chi connectivity index (χ3v) is 4.75. The zero-order chi connectivity index (χ0) is 11.7. The Morgan fingerprint density at radius 3 is 2.94 bits per heavy atom. The topological polar surface area (TPSA) is 28.2 Å². The van der Waals surface area contributed by atoms with E-state index in [0.29, 0.717) is 5.15 Å². The van der Waals surface area contributed by atoms with Gasteiger partial charge in [0.15, 0.2) is 5.13 Å². The fraction of sp³-hybridized carbons (Fsp3) is 0.750. The summed E-state index contributed by atoms with van der Waals surface area (Å²) in [6, 6.07) is 0.721. The molecule has 0 amide bonds. The van der Waals surface area contributed by atoms with Gasteiger partial charge in [0.2, 0.25) is 0 Å². The smallest absolute Gasteiger partial charge is 0.187 e. The van der Waals surface area contributed by atoms with Gasteiger partial charge >= 0.3 is 0 Å². The van der Waals surface area contributed by atoms with Crippen LogP contribution in [0.25, 0.3) is 0 Å². The summed E-state index contributed by atoms with van der Waals surface area (Å²) in [6.07, 6.45) is 5.28. The van der Waals surface area contributed by atoms with Crippen LogP contribution in [0.15, 0.2) is 5.38 Å². The molecule has 2 fully saturated rings. The maximum Gasteiger partial charge on any atom is 0.187 e. The second-order valence-electron chi connectivity index (χ2n) is 5.05. The van der Waals surface area contributed by atoms with Crippen LogP contribution in [0, 0.1) is 5.92 Å². The van der Waals surface area contributed by atoms with E-state index >= 15 is 0 Å². The van der Waals surface area contributed by atoms with Gasteiger partial charge in [0.05, 0.1) is 0 Å². The van der Waals surface area contributed by atoms with Crippen molar-refractivity contribution in [1.29, 1.82) is 0 Å². The number of piperidine rings is 1. The zero-order valence-electron chi connectivity index (χ0n) is 9.86. The molecule has 0 spiro atoms. The number of hydrogen-bond acceptors (Lipinski definition) is 4. The molecular weight excluding hydrogens is 254 g/mol. The fourth-order valence-corrected chi connectivity index (χ4v) is 3.53. The summed E-state index contributed by atoms with van der Waals surface area (Å²) < 4.78 is 0. The van der Waals surface area contributed by atoms with Crippen molar-refractivity contribution in [2.75, 3.05) is 24.5 Å². The van der Waals surface area contributed by atoms with Gasteiger partial charge in [-0.1, -0.05) is 11.6 Å². The molecule has 0 aromatic carbocycles. The van der Waals surface area contributed by atoms with E-state index in [-0.39, 0.29) is 0 Å². The Morgan fingerprint density at radius 1 is 1.47 bits per heavy atom. The lowest BCUT2D eigenvalue weighted by Crippen LogP contribution is -2.39. The van der Waals surface area contributed by atoms with Gasteiger partial charge in [-0.25, -0.2) is 4.98 Å². The molecule has 0 bridgehead atoms. The van der Waals surface area contributed by atoms with Crippen molar-refractivity contribution in [3.05, 3.63) is 10.5 Å². The Labute approximate surface area is 111 Å². The summed E-state index contributed by atoms with van der Waals surface area (Å²) >= 11 is 7.61. The summed E-state index contributed by atoms with van der Waals surface area (Å²) in [7, 11) is 0. The van der Waals surface area contributed by atoms with Crippen molar-refractivity contribution in [2.24, 2.45) is 5.92 Å². The van der Waals surface area contributed by atoms with E-state index in [1.165, 1.54) is 32.2 Å². The van der Waals surface area contributed by atoms with Gasteiger partial charge in [0.25, 0.3) is 0 Å². The third-order valence-electron chi connectivity index (χ3n) is 3.55. The molecule has 94 valence electrons. The SMILES string of the molecule is Clc1csc(N(CC2CCCNC2)C2CC2)n1. The third kappa shape index (κ3) is 2.92. The van der Waals surface area contributed by atoms with Gasteiger partial charge in [-0.2, -0.15) is 0 Å². The molecule has 0 radical (unpaired) electrons. The highest BCUT2D eigenvalue weighted by molar-refractivity contribution is 7.14. The second-order valence-corrected chi connectivity index (χ2v) is 6.27. The molecule has 2 aliphatic rings. The summed E-state index contributed by atoms with van der Waals surface area (Å²) in [4.78, 5) is 6.91. The summed E-state index contributed by atoms with van der Waals surface area (Å²) in [5.41, 5.74) is 0. The molecule has 17 heavy (non-hydrogen) atoms. The van der Waals surface area contributed by atoms with Crippen molar-refractivity contribution in [1.82, 2.24) is 10.3 Å². The van der Waals surface area contributed by atoms with Crippen molar-refractivity contribution in [2.45, 2.75) is 31.7 Å². The molecule has 5 heteroatoms. The van der Waals surface area contributed by atoms with Gasteiger partial charge in [-0.15, -0.1) is 11.3 Å². The van der Waals surface area contributed by atoms with Crippen LogP contribution in [0.5, 0.6) is 0 Å². The number of nitrogens with one attached hydrogen (secondary N) is 1. The maximum absolute atomic E-state index is 5.93. The monoisotopic (exact) mass is 271 g/mol. The number of anilines is 1. The molecule has 1 unspecified atom stereocenters. The fourth-order valence-electron chi connectivity index (χ4n) is 2.50. The van der Waals surface area contributed by atoms with E-state index < -0.39 is 0 Å². The van der Waals surface area contributed by atoms with Gasteiger partial charge < -0.3 is 10.2 Å². The van der Waals surface area contributed by atoms with Crippen molar-refractivity contribution in [3.63, 3.8) is 0 Å². The van der Waals surface area contributed by atoms with E-state index in [1.54, 1.807) is 11.3 Å². The van der Waals surface area contributed by atoms with E-state index in [0.717, 1.165) is 30.2 Å². The van der Waals surface area contributed by atoms with Crippen molar-refractivity contribution >= 4 is 28.1 Å². The number of nitrogens with zero attached hydrogens (tertiary/aromatic N) is 2. The Kier molecular flexibility index (Phi) is 3.54. The van der Waals surface area contributed by atoms with E-state index in [4.69, 9.17) is 11.6 Å². The second kappa shape index (κ2) is 5.12. The minimum Gasteiger partial charge on any atom is -0.345 e.